The molecule has 0 fully saturated rings. The lowest BCUT2D eigenvalue weighted by Crippen LogP contribution is -1.97. The van der Waals surface area contributed by atoms with E-state index in [4.69, 9.17) is 18.9 Å². The van der Waals surface area contributed by atoms with Crippen LogP contribution in [0.4, 0.5) is 11.4 Å². The van der Waals surface area contributed by atoms with Gasteiger partial charge in [0.2, 0.25) is 5.75 Å². The van der Waals surface area contributed by atoms with Crippen molar-refractivity contribution >= 4 is 23.8 Å². The molecule has 4 rings (SSSR count). The quantitative estimate of drug-likeness (QED) is 0.148. The molecule has 0 atom stereocenters. The molecule has 0 amide bonds. The van der Waals surface area contributed by atoms with E-state index in [1.165, 1.54) is 7.11 Å². The first kappa shape index (κ1) is 24.4. The standard InChI is InChI=1S/C26H22N2O5.ClH/c1-30-21-13-15-25(32-19-9-5-3-6-10-19)23(17-21)27-28(29)24-18-22(31-2)14-16-26(24)33-20-11-7-4-8-12-20;/h3-18H,1-2H3;1H. The first-order chi connectivity index (χ1) is 16.2. The first-order valence-corrected chi connectivity index (χ1v) is 10.2. The molecule has 0 aliphatic rings. The van der Waals surface area contributed by atoms with Crippen LogP contribution in [0, 0.1) is 5.21 Å². The maximum absolute atomic E-state index is 13.2. The molecule has 0 saturated heterocycles. The molecule has 0 N–H and O–H groups in total. The van der Waals surface area contributed by atoms with Gasteiger partial charge in [-0.25, -0.2) is 0 Å². The van der Waals surface area contributed by atoms with E-state index >= 15 is 0 Å². The molecule has 0 bridgehead atoms. The number of rotatable bonds is 8. The summed E-state index contributed by atoms with van der Waals surface area (Å²) < 4.78 is 22.5. The second kappa shape index (κ2) is 11.6. The number of azo groups is 1. The third-order valence-electron chi connectivity index (χ3n) is 4.68. The molecule has 0 aromatic heterocycles. The van der Waals surface area contributed by atoms with Crippen LogP contribution in [-0.4, -0.2) is 19.1 Å². The maximum atomic E-state index is 13.2. The normalized spacial score (nSPS) is 10.7. The van der Waals surface area contributed by atoms with E-state index in [1.54, 1.807) is 55.6 Å². The molecule has 0 unspecified atom stereocenters. The average Bonchev–Trinajstić information content (AvgIpc) is 2.86. The smallest absolute Gasteiger partial charge is 0.290 e. The number of benzene rings is 4. The lowest BCUT2D eigenvalue weighted by molar-refractivity contribution is -0.436. The van der Waals surface area contributed by atoms with Crippen molar-refractivity contribution in [1.29, 1.82) is 0 Å². The average molecular weight is 479 g/mol. The van der Waals surface area contributed by atoms with Gasteiger partial charge in [0.25, 0.3) is 5.69 Å². The molecular formula is C26H23ClN2O5. The fraction of sp³-hybridized carbons (Fsp3) is 0.0769. The Balaban J connectivity index is 0.00000324. The lowest BCUT2D eigenvalue weighted by Gasteiger charge is -2.11. The van der Waals surface area contributed by atoms with Gasteiger partial charge in [0, 0.05) is 11.2 Å². The van der Waals surface area contributed by atoms with Gasteiger partial charge >= 0.3 is 0 Å². The van der Waals surface area contributed by atoms with Crippen LogP contribution in [-0.2, 0) is 0 Å². The van der Waals surface area contributed by atoms with Gasteiger partial charge in [-0.2, -0.15) is 0 Å². The van der Waals surface area contributed by atoms with Crippen molar-refractivity contribution in [3.05, 3.63) is 102 Å². The Labute approximate surface area is 203 Å². The number of nitrogens with zero attached hydrogens (tertiary/aromatic N) is 2. The number of methoxy groups -OCH3 is 2. The summed E-state index contributed by atoms with van der Waals surface area (Å²) in [6, 6.07) is 28.4. The summed E-state index contributed by atoms with van der Waals surface area (Å²) in [6.07, 6.45) is 0. The van der Waals surface area contributed by atoms with Crippen molar-refractivity contribution in [2.24, 2.45) is 5.11 Å². The number of hydrogen-bond donors (Lipinski definition) is 0. The molecule has 4 aromatic rings. The van der Waals surface area contributed by atoms with Crippen LogP contribution in [0.25, 0.3) is 0 Å². The number of halogens is 1. The van der Waals surface area contributed by atoms with E-state index in [1.807, 2.05) is 48.5 Å². The van der Waals surface area contributed by atoms with E-state index in [0.717, 1.165) is 0 Å². The van der Waals surface area contributed by atoms with E-state index in [9.17, 15) is 5.21 Å². The Bertz CT molecular complexity index is 1250. The summed E-state index contributed by atoms with van der Waals surface area (Å²) in [5.74, 6) is 2.96. The molecule has 0 aliphatic heterocycles. The van der Waals surface area contributed by atoms with Crippen molar-refractivity contribution < 1.29 is 23.8 Å². The minimum absolute atomic E-state index is 0. The van der Waals surface area contributed by atoms with Crippen LogP contribution in [0.1, 0.15) is 0 Å². The first-order valence-electron chi connectivity index (χ1n) is 10.2. The Kier molecular flexibility index (Phi) is 8.32. The zero-order valence-corrected chi connectivity index (χ0v) is 19.4. The molecule has 34 heavy (non-hydrogen) atoms. The van der Waals surface area contributed by atoms with Crippen molar-refractivity contribution in [2.45, 2.75) is 0 Å². The lowest BCUT2D eigenvalue weighted by atomic mass is 10.2. The summed E-state index contributed by atoms with van der Waals surface area (Å²) in [4.78, 5) is 0.480. The predicted octanol–water partition coefficient (Wildman–Crippen LogP) is 7.64. The van der Waals surface area contributed by atoms with Gasteiger partial charge < -0.3 is 24.2 Å². The highest BCUT2D eigenvalue weighted by Crippen LogP contribution is 2.39. The van der Waals surface area contributed by atoms with Gasteiger partial charge in [0.15, 0.2) is 11.4 Å². The minimum atomic E-state index is 0. The third kappa shape index (κ3) is 5.96. The monoisotopic (exact) mass is 478 g/mol. The van der Waals surface area contributed by atoms with Crippen LogP contribution in [0.15, 0.2) is 102 Å². The Hall–Kier alpha value is -4.23. The van der Waals surface area contributed by atoms with Crippen molar-refractivity contribution in [3.8, 4) is 34.5 Å². The minimum Gasteiger partial charge on any atom is -0.594 e. The van der Waals surface area contributed by atoms with Gasteiger partial charge in [-0.1, -0.05) is 36.4 Å². The molecule has 0 radical (unpaired) electrons. The Morgan fingerprint density at radius 1 is 0.618 bits per heavy atom. The number of para-hydroxylation sites is 2. The van der Waals surface area contributed by atoms with Gasteiger partial charge in [-0.05, 0) is 53.4 Å². The van der Waals surface area contributed by atoms with Crippen LogP contribution in [0.3, 0.4) is 0 Å². The SMILES string of the molecule is COc1ccc(Oc2ccccc2)c(N=[N+]([O-])c2cc(OC)ccc2Oc2ccccc2)c1.Cl. The van der Waals surface area contributed by atoms with E-state index in [2.05, 4.69) is 5.11 Å². The summed E-state index contributed by atoms with van der Waals surface area (Å²) in [5, 5.41) is 17.5. The molecule has 0 heterocycles. The molecule has 8 heteroatoms. The van der Waals surface area contributed by atoms with E-state index < -0.39 is 0 Å². The topological polar surface area (TPSA) is 75.4 Å². The summed E-state index contributed by atoms with van der Waals surface area (Å²) in [5.41, 5.74) is 0.466. The number of hydrogen-bond acceptors (Lipinski definition) is 6. The molecule has 4 aromatic carbocycles. The molecule has 0 spiro atoms. The van der Waals surface area contributed by atoms with Crippen molar-refractivity contribution in [1.82, 2.24) is 0 Å². The van der Waals surface area contributed by atoms with Crippen LogP contribution < -0.4 is 18.9 Å². The van der Waals surface area contributed by atoms with Crippen LogP contribution >= 0.6 is 12.4 Å². The summed E-state index contributed by atoms with van der Waals surface area (Å²) in [6.45, 7) is 0. The largest absolute Gasteiger partial charge is 0.594 e. The van der Waals surface area contributed by atoms with Crippen LogP contribution in [0.5, 0.6) is 34.5 Å². The zero-order chi connectivity index (χ0) is 23.0. The van der Waals surface area contributed by atoms with Gasteiger partial charge in [-0.3, -0.25) is 0 Å². The number of ether oxygens (including phenoxy) is 4. The fourth-order valence-electron chi connectivity index (χ4n) is 3.03. The highest BCUT2D eigenvalue weighted by Gasteiger charge is 2.18. The van der Waals surface area contributed by atoms with Gasteiger partial charge in [0.1, 0.15) is 23.0 Å². The molecule has 0 aliphatic carbocycles. The third-order valence-corrected chi connectivity index (χ3v) is 4.68. The maximum Gasteiger partial charge on any atom is 0.290 e. The Morgan fingerprint density at radius 3 is 1.68 bits per heavy atom. The zero-order valence-electron chi connectivity index (χ0n) is 18.6. The van der Waals surface area contributed by atoms with Gasteiger partial charge in [-0.15, -0.1) is 12.4 Å². The highest BCUT2D eigenvalue weighted by molar-refractivity contribution is 5.85. The van der Waals surface area contributed by atoms with Crippen LogP contribution in [0.2, 0.25) is 0 Å². The highest BCUT2D eigenvalue weighted by atomic mass is 35.5. The fourth-order valence-corrected chi connectivity index (χ4v) is 3.03. The molecule has 174 valence electrons. The predicted molar refractivity (Wildman–Crippen MR) is 132 cm³/mol. The van der Waals surface area contributed by atoms with Gasteiger partial charge in [0.05, 0.1) is 20.3 Å². The summed E-state index contributed by atoms with van der Waals surface area (Å²) in [7, 11) is 3.07. The van der Waals surface area contributed by atoms with E-state index in [0.29, 0.717) is 45.0 Å². The second-order valence-electron chi connectivity index (χ2n) is 6.87. The summed E-state index contributed by atoms with van der Waals surface area (Å²) >= 11 is 0. The molecule has 0 saturated carbocycles. The second-order valence-corrected chi connectivity index (χ2v) is 6.87. The van der Waals surface area contributed by atoms with E-state index in [-0.39, 0.29) is 18.1 Å². The van der Waals surface area contributed by atoms with Crippen molar-refractivity contribution in [3.63, 3.8) is 0 Å². The molecular weight excluding hydrogens is 456 g/mol. The van der Waals surface area contributed by atoms with Crippen molar-refractivity contribution in [2.75, 3.05) is 14.2 Å². The molecule has 7 nitrogen and oxygen atoms in total. The Morgan fingerprint density at radius 2 is 1.12 bits per heavy atom.